The van der Waals surface area contributed by atoms with Gasteiger partial charge in [-0.2, -0.15) is 9.94 Å². The summed E-state index contributed by atoms with van der Waals surface area (Å²) in [5.41, 5.74) is 2.34. The summed E-state index contributed by atoms with van der Waals surface area (Å²) in [6, 6.07) is 11.5. The molecule has 2 atom stereocenters. The summed E-state index contributed by atoms with van der Waals surface area (Å²) in [5.74, 6) is 1.24. The molecule has 5 rings (SSSR count). The molecule has 1 aromatic carbocycles. The van der Waals surface area contributed by atoms with Crippen molar-refractivity contribution in [3.05, 3.63) is 59.5 Å². The summed E-state index contributed by atoms with van der Waals surface area (Å²) in [4.78, 5) is 21.6. The summed E-state index contributed by atoms with van der Waals surface area (Å²) in [6.45, 7) is 3.39. The van der Waals surface area contributed by atoms with Crippen molar-refractivity contribution in [3.63, 3.8) is 0 Å². The number of benzene rings is 1. The van der Waals surface area contributed by atoms with E-state index < -0.39 is 0 Å². The van der Waals surface area contributed by atoms with E-state index in [1.165, 1.54) is 11.0 Å². The minimum Gasteiger partial charge on any atom is -0.495 e. The number of morpholine rings is 1. The van der Waals surface area contributed by atoms with Gasteiger partial charge in [0.2, 0.25) is 5.91 Å². The summed E-state index contributed by atoms with van der Waals surface area (Å²) in [7, 11) is 1.56. The molecule has 1 amide bonds. The van der Waals surface area contributed by atoms with Crippen LogP contribution in [0, 0.1) is 11.3 Å². The van der Waals surface area contributed by atoms with Gasteiger partial charge < -0.3 is 14.4 Å². The van der Waals surface area contributed by atoms with E-state index in [0.717, 1.165) is 24.2 Å². The van der Waals surface area contributed by atoms with E-state index in [2.05, 4.69) is 31.5 Å². The Morgan fingerprint density at radius 2 is 2.18 bits per heavy atom. The molecule has 2 aromatic heterocycles. The third kappa shape index (κ3) is 4.46. The number of methoxy groups -OCH3 is 1. The largest absolute Gasteiger partial charge is 0.495 e. The predicted molar refractivity (Wildman–Crippen MR) is 119 cm³/mol. The molecule has 0 spiro atoms. The first-order valence-electron chi connectivity index (χ1n) is 11.0. The molecule has 0 radical (unpaired) electrons. The second-order valence-electron chi connectivity index (χ2n) is 8.34. The van der Waals surface area contributed by atoms with Crippen LogP contribution in [0.1, 0.15) is 22.8 Å². The molecule has 0 unspecified atom stereocenters. The van der Waals surface area contributed by atoms with Crippen LogP contribution in [0.5, 0.6) is 5.75 Å². The van der Waals surface area contributed by atoms with Gasteiger partial charge in [-0.15, -0.1) is 5.10 Å². The van der Waals surface area contributed by atoms with Gasteiger partial charge in [0.25, 0.3) is 0 Å². The van der Waals surface area contributed by atoms with Gasteiger partial charge in [0.15, 0.2) is 5.82 Å². The number of pyridine rings is 1. The zero-order chi connectivity index (χ0) is 23.5. The van der Waals surface area contributed by atoms with Crippen LogP contribution in [0.4, 0.5) is 0 Å². The van der Waals surface area contributed by atoms with Gasteiger partial charge in [-0.25, -0.2) is 4.98 Å². The Hall–Kier alpha value is -3.88. The van der Waals surface area contributed by atoms with Gasteiger partial charge in [0, 0.05) is 32.4 Å². The van der Waals surface area contributed by atoms with E-state index in [1.54, 1.807) is 25.4 Å². The molecule has 11 nitrogen and oxygen atoms in total. The Morgan fingerprint density at radius 3 is 2.91 bits per heavy atom. The van der Waals surface area contributed by atoms with Crippen LogP contribution in [-0.4, -0.2) is 86.8 Å². The molecule has 2 saturated heterocycles. The highest BCUT2D eigenvalue weighted by molar-refractivity contribution is 5.79. The van der Waals surface area contributed by atoms with Crippen LogP contribution in [-0.2, 0) is 16.0 Å². The topological polar surface area (TPSA) is 122 Å². The average molecular weight is 460 g/mol. The van der Waals surface area contributed by atoms with Crippen molar-refractivity contribution in [2.24, 2.45) is 0 Å². The molecular formula is C23H24N8O3. The van der Waals surface area contributed by atoms with E-state index in [-0.39, 0.29) is 18.1 Å². The van der Waals surface area contributed by atoms with Gasteiger partial charge in [0.1, 0.15) is 18.1 Å². The van der Waals surface area contributed by atoms with E-state index in [0.29, 0.717) is 43.2 Å². The van der Waals surface area contributed by atoms with Crippen molar-refractivity contribution in [2.45, 2.75) is 18.6 Å². The summed E-state index contributed by atoms with van der Waals surface area (Å²) < 4.78 is 13.0. The Balaban J connectivity index is 1.17. The zero-order valence-corrected chi connectivity index (χ0v) is 18.7. The lowest BCUT2D eigenvalue weighted by atomic mass is 10.0. The smallest absolute Gasteiger partial charge is 0.227 e. The fourth-order valence-electron chi connectivity index (χ4n) is 4.42. The van der Waals surface area contributed by atoms with Crippen molar-refractivity contribution in [1.29, 1.82) is 5.26 Å². The SMILES string of the molecule is COc1cc([C@@H]2CN3CCN(C(=O)Cc4ccc(-n5cnnn5)nc4)C[C@@H]3CO2)ccc1C#N. The van der Waals surface area contributed by atoms with Crippen LogP contribution in [0.2, 0.25) is 0 Å². The van der Waals surface area contributed by atoms with Crippen molar-refractivity contribution in [2.75, 3.05) is 39.9 Å². The maximum atomic E-state index is 12.9. The standard InChI is InChI=1S/C23H24N8O3/c1-33-20-9-17(3-4-18(20)10-24)21-13-29-6-7-30(12-19(29)14-34-21)23(32)8-16-2-5-22(25-11-16)31-15-26-27-28-31/h2-5,9,11,15,19,21H,6-8,12-14H2,1H3/t19-,21+/m1/s1. The van der Waals surface area contributed by atoms with Crippen molar-refractivity contribution < 1.29 is 14.3 Å². The zero-order valence-electron chi connectivity index (χ0n) is 18.7. The Kier molecular flexibility index (Phi) is 6.16. The molecule has 0 saturated carbocycles. The van der Waals surface area contributed by atoms with Gasteiger partial charge >= 0.3 is 0 Å². The van der Waals surface area contributed by atoms with Crippen molar-refractivity contribution in [3.8, 4) is 17.6 Å². The van der Waals surface area contributed by atoms with Crippen LogP contribution >= 0.6 is 0 Å². The monoisotopic (exact) mass is 460 g/mol. The molecular weight excluding hydrogens is 436 g/mol. The molecule has 174 valence electrons. The minimum absolute atomic E-state index is 0.0792. The fourth-order valence-corrected chi connectivity index (χ4v) is 4.42. The molecule has 2 fully saturated rings. The van der Waals surface area contributed by atoms with Crippen LogP contribution in [0.15, 0.2) is 42.9 Å². The number of rotatable bonds is 5. The molecule has 0 aliphatic carbocycles. The summed E-state index contributed by atoms with van der Waals surface area (Å²) in [5, 5.41) is 20.2. The second kappa shape index (κ2) is 9.54. The number of nitriles is 1. The Morgan fingerprint density at radius 1 is 1.26 bits per heavy atom. The van der Waals surface area contributed by atoms with E-state index in [4.69, 9.17) is 9.47 Å². The second-order valence-corrected chi connectivity index (χ2v) is 8.34. The lowest BCUT2D eigenvalue weighted by molar-refractivity contribution is -0.139. The number of aromatic nitrogens is 5. The third-order valence-electron chi connectivity index (χ3n) is 6.31. The number of carbonyl (C=O) groups is 1. The highest BCUT2D eigenvalue weighted by Crippen LogP contribution is 2.30. The van der Waals surface area contributed by atoms with E-state index in [1.807, 2.05) is 23.1 Å². The summed E-state index contributed by atoms with van der Waals surface area (Å²) in [6.07, 6.45) is 3.36. The number of fused-ring (bicyclic) bond motifs is 1. The first-order valence-corrected chi connectivity index (χ1v) is 11.0. The number of tetrazole rings is 1. The number of amides is 1. The predicted octanol–water partition coefficient (Wildman–Crippen LogP) is 0.764. The number of carbonyl (C=O) groups excluding carboxylic acids is 1. The Labute approximate surface area is 196 Å². The number of piperazine rings is 1. The maximum Gasteiger partial charge on any atom is 0.227 e. The fraction of sp³-hybridized carbons (Fsp3) is 0.391. The van der Waals surface area contributed by atoms with Gasteiger partial charge in [0.05, 0.1) is 37.8 Å². The van der Waals surface area contributed by atoms with Crippen molar-refractivity contribution in [1.82, 2.24) is 35.0 Å². The maximum absolute atomic E-state index is 12.9. The molecule has 2 aliphatic heterocycles. The van der Waals surface area contributed by atoms with E-state index >= 15 is 0 Å². The van der Waals surface area contributed by atoms with Gasteiger partial charge in [-0.3, -0.25) is 9.69 Å². The molecule has 4 heterocycles. The molecule has 2 aliphatic rings. The lowest BCUT2D eigenvalue weighted by Crippen LogP contribution is -2.59. The highest BCUT2D eigenvalue weighted by Gasteiger charge is 2.35. The molecule has 34 heavy (non-hydrogen) atoms. The molecule has 0 N–H and O–H groups in total. The van der Waals surface area contributed by atoms with Crippen LogP contribution in [0.3, 0.4) is 0 Å². The van der Waals surface area contributed by atoms with Crippen molar-refractivity contribution >= 4 is 5.91 Å². The van der Waals surface area contributed by atoms with Crippen LogP contribution in [0.25, 0.3) is 5.82 Å². The van der Waals surface area contributed by atoms with E-state index in [9.17, 15) is 10.1 Å². The lowest BCUT2D eigenvalue weighted by Gasteiger charge is -2.46. The Bertz CT molecular complexity index is 1190. The summed E-state index contributed by atoms with van der Waals surface area (Å²) >= 11 is 0. The number of hydrogen-bond acceptors (Lipinski definition) is 9. The molecule has 0 bridgehead atoms. The first kappa shape index (κ1) is 21.9. The normalized spacial score (nSPS) is 20.4. The number of ether oxygens (including phenoxy) is 2. The minimum atomic E-state index is -0.0927. The molecule has 11 heteroatoms. The number of hydrogen-bond donors (Lipinski definition) is 0. The van der Waals surface area contributed by atoms with Gasteiger partial charge in [-0.1, -0.05) is 12.1 Å². The quantitative estimate of drug-likeness (QED) is 0.543. The third-order valence-corrected chi connectivity index (χ3v) is 6.31. The van der Waals surface area contributed by atoms with Gasteiger partial charge in [-0.05, 0) is 39.8 Å². The molecule has 3 aromatic rings. The average Bonchev–Trinajstić information content (AvgIpc) is 3.43. The van der Waals surface area contributed by atoms with Crippen LogP contribution < -0.4 is 4.74 Å². The number of nitrogens with zero attached hydrogens (tertiary/aromatic N) is 8. The highest BCUT2D eigenvalue weighted by atomic mass is 16.5. The first-order chi connectivity index (χ1) is 16.6.